The fourth-order valence-electron chi connectivity index (χ4n) is 2.11. The Labute approximate surface area is 128 Å². The first-order valence-electron chi connectivity index (χ1n) is 6.77. The van der Waals surface area contributed by atoms with Crippen LogP contribution in [-0.4, -0.2) is 35.7 Å². The van der Waals surface area contributed by atoms with Crippen LogP contribution < -0.4 is 5.32 Å². The zero-order chi connectivity index (χ0) is 14.4. The molecule has 2 rings (SSSR count). The number of amides is 1. The fraction of sp³-hybridized carbons (Fsp3) is 0.533. The Morgan fingerprint density at radius 2 is 2.25 bits per heavy atom. The van der Waals surface area contributed by atoms with Gasteiger partial charge in [0.15, 0.2) is 0 Å². The summed E-state index contributed by atoms with van der Waals surface area (Å²) < 4.78 is 0. The molecule has 108 valence electrons. The Morgan fingerprint density at radius 3 is 2.95 bits per heavy atom. The molecule has 1 saturated heterocycles. The zero-order valence-electron chi connectivity index (χ0n) is 11.6. The third-order valence-corrected chi connectivity index (χ3v) is 5.51. The van der Waals surface area contributed by atoms with Crippen molar-refractivity contribution in [1.29, 1.82) is 0 Å². The quantitative estimate of drug-likeness (QED) is 0.842. The molecule has 0 bridgehead atoms. The van der Waals surface area contributed by atoms with E-state index in [0.717, 1.165) is 17.0 Å². The average Bonchev–Trinajstić information content (AvgIpc) is 2.85. The van der Waals surface area contributed by atoms with Crippen molar-refractivity contribution in [3.8, 4) is 11.8 Å². The molecule has 3 nitrogen and oxygen atoms in total. The van der Waals surface area contributed by atoms with Gasteiger partial charge in [0.1, 0.15) is 6.61 Å². The molecular formula is C15H19NO2S2. The molecule has 20 heavy (non-hydrogen) atoms. The number of thiophene rings is 1. The van der Waals surface area contributed by atoms with Crippen LogP contribution in [-0.2, 0) is 0 Å². The molecule has 0 spiro atoms. The average molecular weight is 309 g/mol. The summed E-state index contributed by atoms with van der Waals surface area (Å²) in [6.45, 7) is 2.56. The molecule has 1 aromatic rings. The fourth-order valence-corrected chi connectivity index (χ4v) is 4.28. The predicted octanol–water partition coefficient (Wildman–Crippen LogP) is 2.27. The van der Waals surface area contributed by atoms with Crippen molar-refractivity contribution in [3.63, 3.8) is 0 Å². The molecule has 1 fully saturated rings. The zero-order valence-corrected chi connectivity index (χ0v) is 13.2. The molecule has 0 radical (unpaired) electrons. The minimum absolute atomic E-state index is 0.00613. The summed E-state index contributed by atoms with van der Waals surface area (Å²) in [7, 11) is 0. The van der Waals surface area contributed by atoms with E-state index >= 15 is 0 Å². The van der Waals surface area contributed by atoms with Gasteiger partial charge in [0.25, 0.3) is 5.91 Å². The van der Waals surface area contributed by atoms with E-state index < -0.39 is 0 Å². The van der Waals surface area contributed by atoms with Crippen molar-refractivity contribution in [1.82, 2.24) is 5.32 Å². The summed E-state index contributed by atoms with van der Waals surface area (Å²) in [5.41, 5.74) is 0.996. The first kappa shape index (κ1) is 15.4. The number of carbonyl (C=O) groups excluding carboxylic acids is 1. The molecule has 0 unspecified atom stereocenters. The van der Waals surface area contributed by atoms with E-state index in [2.05, 4.69) is 17.2 Å². The van der Waals surface area contributed by atoms with Crippen molar-refractivity contribution in [2.45, 2.75) is 19.8 Å². The number of hydrogen-bond donors (Lipinski definition) is 2. The maximum Gasteiger partial charge on any atom is 0.261 e. The third kappa shape index (κ3) is 4.27. The highest BCUT2D eigenvalue weighted by Crippen LogP contribution is 2.23. The van der Waals surface area contributed by atoms with Crippen LogP contribution in [0.2, 0.25) is 0 Å². The first-order chi connectivity index (χ1) is 9.70. The molecule has 1 aliphatic heterocycles. The number of thioether (sulfide) groups is 1. The van der Waals surface area contributed by atoms with Gasteiger partial charge in [-0.15, -0.1) is 11.3 Å². The summed E-state index contributed by atoms with van der Waals surface area (Å²) >= 11 is 3.39. The summed E-state index contributed by atoms with van der Waals surface area (Å²) in [5.74, 6) is 8.53. The molecule has 0 saturated carbocycles. The van der Waals surface area contributed by atoms with E-state index in [-0.39, 0.29) is 12.5 Å². The lowest BCUT2D eigenvalue weighted by atomic mass is 10.0. The standard InChI is InChI=1S/C15H19NO2S2/c1-11-9-14(20-13(11)3-2-6-17)15(18)16-10-12-4-7-19-8-5-12/h9,12,17H,4-8,10H2,1H3,(H,16,18). The number of rotatable bonds is 3. The molecular weight excluding hydrogens is 290 g/mol. The summed E-state index contributed by atoms with van der Waals surface area (Å²) in [6, 6.07) is 1.87. The first-order valence-corrected chi connectivity index (χ1v) is 8.74. The lowest BCUT2D eigenvalue weighted by Crippen LogP contribution is -2.30. The molecule has 0 aromatic carbocycles. The van der Waals surface area contributed by atoms with Gasteiger partial charge in [-0.2, -0.15) is 11.8 Å². The summed E-state index contributed by atoms with van der Waals surface area (Å²) in [6.07, 6.45) is 2.39. The SMILES string of the molecule is Cc1cc(C(=O)NCC2CCSCC2)sc1C#CCO. The number of aliphatic hydroxyl groups excluding tert-OH is 1. The van der Waals surface area contributed by atoms with Crippen molar-refractivity contribution in [3.05, 3.63) is 21.4 Å². The van der Waals surface area contributed by atoms with Crippen LogP contribution in [0.4, 0.5) is 0 Å². The van der Waals surface area contributed by atoms with Gasteiger partial charge in [0, 0.05) is 6.54 Å². The maximum absolute atomic E-state index is 12.1. The van der Waals surface area contributed by atoms with E-state index in [1.54, 1.807) is 0 Å². The molecule has 0 atom stereocenters. The van der Waals surface area contributed by atoms with Crippen LogP contribution in [0.15, 0.2) is 6.07 Å². The van der Waals surface area contributed by atoms with Gasteiger partial charge in [-0.1, -0.05) is 11.8 Å². The molecule has 2 N–H and O–H groups in total. The Balaban J connectivity index is 1.91. The van der Waals surface area contributed by atoms with Crippen molar-refractivity contribution >= 4 is 29.0 Å². The van der Waals surface area contributed by atoms with Crippen molar-refractivity contribution in [2.24, 2.45) is 5.92 Å². The molecule has 0 aliphatic carbocycles. The monoisotopic (exact) mass is 309 g/mol. The van der Waals surface area contributed by atoms with Crippen LogP contribution in [0, 0.1) is 24.7 Å². The van der Waals surface area contributed by atoms with Crippen LogP contribution in [0.3, 0.4) is 0 Å². The van der Waals surface area contributed by atoms with Crippen molar-refractivity contribution < 1.29 is 9.90 Å². The number of nitrogens with one attached hydrogen (secondary N) is 1. The molecule has 1 aliphatic rings. The number of hydrogen-bond acceptors (Lipinski definition) is 4. The Bertz CT molecular complexity index is 522. The van der Waals surface area contributed by atoms with Gasteiger partial charge < -0.3 is 10.4 Å². The minimum Gasteiger partial charge on any atom is -0.384 e. The molecule has 5 heteroatoms. The van der Waals surface area contributed by atoms with E-state index in [0.29, 0.717) is 10.8 Å². The molecule has 2 heterocycles. The van der Waals surface area contributed by atoms with Gasteiger partial charge in [-0.05, 0) is 48.8 Å². The highest BCUT2D eigenvalue weighted by atomic mass is 32.2. The van der Waals surface area contributed by atoms with Gasteiger partial charge in [0.2, 0.25) is 0 Å². The van der Waals surface area contributed by atoms with Crippen LogP contribution >= 0.6 is 23.1 Å². The normalized spacial score (nSPS) is 15.5. The topological polar surface area (TPSA) is 49.3 Å². The summed E-state index contributed by atoms with van der Waals surface area (Å²) in [4.78, 5) is 13.7. The number of aryl methyl sites for hydroxylation is 1. The Kier molecular flexibility index (Phi) is 5.96. The van der Waals surface area contributed by atoms with Gasteiger partial charge in [0.05, 0.1) is 9.75 Å². The second-order valence-electron chi connectivity index (χ2n) is 4.85. The third-order valence-electron chi connectivity index (χ3n) is 3.31. The van der Waals surface area contributed by atoms with E-state index in [4.69, 9.17) is 5.11 Å². The summed E-state index contributed by atoms with van der Waals surface area (Å²) in [5, 5.41) is 11.7. The van der Waals surface area contributed by atoms with E-state index in [1.807, 2.05) is 24.8 Å². The van der Waals surface area contributed by atoms with Gasteiger partial charge in [-0.25, -0.2) is 0 Å². The lowest BCUT2D eigenvalue weighted by Gasteiger charge is -2.21. The van der Waals surface area contributed by atoms with Crippen LogP contribution in [0.25, 0.3) is 0 Å². The molecule has 1 aromatic heterocycles. The Morgan fingerprint density at radius 1 is 1.50 bits per heavy atom. The van der Waals surface area contributed by atoms with Crippen LogP contribution in [0.1, 0.15) is 33.0 Å². The van der Waals surface area contributed by atoms with Gasteiger partial charge >= 0.3 is 0 Å². The Hall–Kier alpha value is -0.960. The maximum atomic E-state index is 12.1. The number of carbonyl (C=O) groups is 1. The van der Waals surface area contributed by atoms with Crippen LogP contribution in [0.5, 0.6) is 0 Å². The second kappa shape index (κ2) is 7.72. The number of aliphatic hydroxyl groups is 1. The minimum atomic E-state index is -0.154. The van der Waals surface area contributed by atoms with Crippen molar-refractivity contribution in [2.75, 3.05) is 24.7 Å². The van der Waals surface area contributed by atoms with E-state index in [1.165, 1.54) is 35.7 Å². The largest absolute Gasteiger partial charge is 0.384 e. The lowest BCUT2D eigenvalue weighted by molar-refractivity contribution is 0.0950. The van der Waals surface area contributed by atoms with E-state index in [9.17, 15) is 4.79 Å². The molecule has 1 amide bonds. The highest BCUT2D eigenvalue weighted by Gasteiger charge is 2.16. The second-order valence-corrected chi connectivity index (χ2v) is 7.13. The smallest absolute Gasteiger partial charge is 0.261 e. The predicted molar refractivity (Wildman–Crippen MR) is 85.4 cm³/mol. The van der Waals surface area contributed by atoms with Gasteiger partial charge in [-0.3, -0.25) is 4.79 Å². The highest BCUT2D eigenvalue weighted by molar-refractivity contribution is 7.99.